The van der Waals surface area contributed by atoms with E-state index in [0.29, 0.717) is 62.4 Å². The number of ether oxygens (including phenoxy) is 2. The lowest BCUT2D eigenvalue weighted by Gasteiger charge is -2.28. The fourth-order valence-electron chi connectivity index (χ4n) is 3.25. The van der Waals surface area contributed by atoms with Crippen LogP contribution in [0.3, 0.4) is 0 Å². The van der Waals surface area contributed by atoms with Gasteiger partial charge in [0.1, 0.15) is 0 Å². The highest BCUT2D eigenvalue weighted by atomic mass is 19.3. The Morgan fingerprint density at radius 1 is 1.10 bits per heavy atom. The van der Waals surface area contributed by atoms with Crippen LogP contribution in [0.25, 0.3) is 17.0 Å². The van der Waals surface area contributed by atoms with Crippen LogP contribution < -0.4 is 9.80 Å². The summed E-state index contributed by atoms with van der Waals surface area (Å²) in [7, 11) is 3.43. The molecule has 0 aliphatic carbocycles. The van der Waals surface area contributed by atoms with Crippen molar-refractivity contribution >= 4 is 22.9 Å². The van der Waals surface area contributed by atoms with E-state index < -0.39 is 12.2 Å². The summed E-state index contributed by atoms with van der Waals surface area (Å²) >= 11 is 0. The van der Waals surface area contributed by atoms with Crippen LogP contribution in [-0.4, -0.2) is 78.1 Å². The van der Waals surface area contributed by atoms with Crippen molar-refractivity contribution in [3.63, 3.8) is 0 Å². The highest BCUT2D eigenvalue weighted by Crippen LogP contribution is 2.28. The average Bonchev–Trinajstić information content (AvgIpc) is 3.18. The molecule has 4 rings (SSSR count). The molecule has 0 amide bonds. The Morgan fingerprint density at radius 3 is 2.57 bits per heavy atom. The summed E-state index contributed by atoms with van der Waals surface area (Å²) in [5.41, 5.74) is 0.966. The molecular formula is C19H23F2N7O2. The maximum absolute atomic E-state index is 13.8. The van der Waals surface area contributed by atoms with Crippen LogP contribution in [0.4, 0.5) is 20.7 Å². The van der Waals surface area contributed by atoms with Gasteiger partial charge in [-0.2, -0.15) is 15.0 Å². The van der Waals surface area contributed by atoms with Crippen molar-refractivity contribution in [2.24, 2.45) is 0 Å². The SMILES string of the molecule is COCCN(C)c1nc(N2CCOCC2)nc(-n2c(C(F)F)nc3ccccc32)n1. The largest absolute Gasteiger partial charge is 0.383 e. The molecule has 1 aromatic carbocycles. The molecule has 1 aliphatic heterocycles. The molecule has 11 heteroatoms. The van der Waals surface area contributed by atoms with Gasteiger partial charge in [0, 0.05) is 33.8 Å². The third-order valence-electron chi connectivity index (χ3n) is 4.85. The van der Waals surface area contributed by atoms with E-state index in [0.717, 1.165) is 0 Å². The number of rotatable bonds is 7. The number of hydrogen-bond acceptors (Lipinski definition) is 8. The lowest BCUT2D eigenvalue weighted by molar-refractivity contribution is 0.122. The van der Waals surface area contributed by atoms with E-state index in [9.17, 15) is 8.78 Å². The van der Waals surface area contributed by atoms with Crippen molar-refractivity contribution < 1.29 is 18.3 Å². The number of morpholine rings is 1. The van der Waals surface area contributed by atoms with Gasteiger partial charge in [-0.25, -0.2) is 13.8 Å². The highest BCUT2D eigenvalue weighted by molar-refractivity contribution is 5.77. The van der Waals surface area contributed by atoms with Crippen molar-refractivity contribution in [3.8, 4) is 5.95 Å². The van der Waals surface area contributed by atoms with Gasteiger partial charge in [0.15, 0.2) is 5.82 Å². The minimum absolute atomic E-state index is 0.106. The van der Waals surface area contributed by atoms with Gasteiger partial charge in [-0.05, 0) is 12.1 Å². The summed E-state index contributed by atoms with van der Waals surface area (Å²) in [6.07, 6.45) is -2.78. The van der Waals surface area contributed by atoms with E-state index in [4.69, 9.17) is 9.47 Å². The number of imidazole rings is 1. The first kappa shape index (κ1) is 20.4. The number of aromatic nitrogens is 5. The zero-order chi connectivity index (χ0) is 21.1. The third kappa shape index (κ3) is 4.03. The van der Waals surface area contributed by atoms with E-state index in [1.54, 1.807) is 36.3 Å². The topological polar surface area (TPSA) is 81.4 Å². The first-order valence-corrected chi connectivity index (χ1v) is 9.63. The highest BCUT2D eigenvalue weighted by Gasteiger charge is 2.24. The molecule has 0 atom stereocenters. The molecule has 0 N–H and O–H groups in total. The molecule has 0 bridgehead atoms. The van der Waals surface area contributed by atoms with Gasteiger partial charge in [-0.15, -0.1) is 0 Å². The quantitative estimate of drug-likeness (QED) is 0.576. The first-order valence-electron chi connectivity index (χ1n) is 9.63. The molecule has 0 saturated carbocycles. The number of halogens is 2. The van der Waals surface area contributed by atoms with Gasteiger partial charge in [0.25, 0.3) is 6.43 Å². The lowest BCUT2D eigenvalue weighted by atomic mass is 10.3. The number of alkyl halides is 2. The minimum atomic E-state index is -2.78. The number of fused-ring (bicyclic) bond motifs is 1. The van der Waals surface area contributed by atoms with E-state index in [1.165, 1.54) is 4.57 Å². The number of anilines is 2. The fraction of sp³-hybridized carbons (Fsp3) is 0.474. The maximum Gasteiger partial charge on any atom is 0.296 e. The Kier molecular flexibility index (Phi) is 6.00. The maximum atomic E-state index is 13.8. The van der Waals surface area contributed by atoms with E-state index in [2.05, 4.69) is 19.9 Å². The van der Waals surface area contributed by atoms with Crippen LogP contribution in [0.1, 0.15) is 12.2 Å². The molecular weight excluding hydrogens is 396 g/mol. The molecule has 1 aliphatic rings. The first-order chi connectivity index (χ1) is 14.6. The molecule has 2 aromatic heterocycles. The van der Waals surface area contributed by atoms with Crippen LogP contribution in [0.5, 0.6) is 0 Å². The molecule has 1 fully saturated rings. The van der Waals surface area contributed by atoms with E-state index >= 15 is 0 Å². The van der Waals surface area contributed by atoms with Gasteiger partial charge in [0.2, 0.25) is 17.8 Å². The molecule has 0 radical (unpaired) electrons. The zero-order valence-corrected chi connectivity index (χ0v) is 16.8. The normalized spacial score (nSPS) is 14.6. The Morgan fingerprint density at radius 2 is 1.83 bits per heavy atom. The monoisotopic (exact) mass is 419 g/mol. The standard InChI is InChI=1S/C19H23F2N7O2/c1-26(7-10-29-2)17-23-18(27-8-11-30-12-9-27)25-19(24-17)28-14-6-4-3-5-13(14)22-16(28)15(20)21/h3-6,15H,7-12H2,1-2H3. The fourth-order valence-corrected chi connectivity index (χ4v) is 3.25. The number of para-hydroxylation sites is 2. The second kappa shape index (κ2) is 8.84. The van der Waals surface area contributed by atoms with Gasteiger partial charge < -0.3 is 19.3 Å². The Hall–Kier alpha value is -2.92. The van der Waals surface area contributed by atoms with Gasteiger partial charge in [-0.3, -0.25) is 4.57 Å². The molecule has 9 nitrogen and oxygen atoms in total. The van der Waals surface area contributed by atoms with Crippen LogP contribution in [-0.2, 0) is 9.47 Å². The predicted octanol–water partition coefficient (Wildman–Crippen LogP) is 2.07. The number of methoxy groups -OCH3 is 1. The molecule has 3 heterocycles. The van der Waals surface area contributed by atoms with Gasteiger partial charge >= 0.3 is 0 Å². The van der Waals surface area contributed by atoms with Gasteiger partial charge in [-0.1, -0.05) is 12.1 Å². The smallest absolute Gasteiger partial charge is 0.296 e. The van der Waals surface area contributed by atoms with Crippen molar-refractivity contribution in [1.82, 2.24) is 24.5 Å². The number of nitrogens with zero attached hydrogens (tertiary/aromatic N) is 7. The van der Waals surface area contributed by atoms with Crippen LogP contribution in [0, 0.1) is 0 Å². The van der Waals surface area contributed by atoms with Crippen LogP contribution in [0.2, 0.25) is 0 Å². The Balaban J connectivity index is 1.86. The summed E-state index contributed by atoms with van der Waals surface area (Å²) in [4.78, 5) is 21.5. The predicted molar refractivity (Wildman–Crippen MR) is 108 cm³/mol. The molecule has 3 aromatic rings. The van der Waals surface area contributed by atoms with Crippen molar-refractivity contribution in [2.75, 3.05) is 63.4 Å². The van der Waals surface area contributed by atoms with Crippen molar-refractivity contribution in [3.05, 3.63) is 30.1 Å². The van der Waals surface area contributed by atoms with E-state index in [-0.39, 0.29) is 5.95 Å². The zero-order valence-electron chi connectivity index (χ0n) is 16.8. The number of likely N-dealkylation sites (N-methyl/N-ethyl adjacent to an activating group) is 1. The third-order valence-corrected chi connectivity index (χ3v) is 4.85. The van der Waals surface area contributed by atoms with Crippen LogP contribution >= 0.6 is 0 Å². The summed E-state index contributed by atoms with van der Waals surface area (Å²) in [5.74, 6) is 0.493. The Bertz CT molecular complexity index is 1010. The minimum Gasteiger partial charge on any atom is -0.383 e. The number of benzene rings is 1. The molecule has 30 heavy (non-hydrogen) atoms. The second-order valence-electron chi connectivity index (χ2n) is 6.84. The Labute approximate surface area is 172 Å². The molecule has 0 spiro atoms. The van der Waals surface area contributed by atoms with Crippen LogP contribution in [0.15, 0.2) is 24.3 Å². The summed E-state index contributed by atoms with van der Waals surface area (Å²) < 4.78 is 39.5. The van der Waals surface area contributed by atoms with Gasteiger partial charge in [0.05, 0.1) is 30.9 Å². The number of hydrogen-bond donors (Lipinski definition) is 0. The molecule has 1 saturated heterocycles. The second-order valence-corrected chi connectivity index (χ2v) is 6.84. The lowest BCUT2D eigenvalue weighted by Crippen LogP contribution is -2.38. The summed E-state index contributed by atoms with van der Waals surface area (Å²) in [6, 6.07) is 6.94. The summed E-state index contributed by atoms with van der Waals surface area (Å²) in [5, 5.41) is 0. The van der Waals surface area contributed by atoms with E-state index in [1.807, 2.05) is 11.9 Å². The van der Waals surface area contributed by atoms with Crippen molar-refractivity contribution in [2.45, 2.75) is 6.43 Å². The van der Waals surface area contributed by atoms with Crippen molar-refractivity contribution in [1.29, 1.82) is 0 Å². The molecule has 160 valence electrons. The average molecular weight is 419 g/mol. The summed E-state index contributed by atoms with van der Waals surface area (Å²) in [6.45, 7) is 3.32. The molecule has 0 unspecified atom stereocenters.